The van der Waals surface area contributed by atoms with E-state index in [1.807, 2.05) is 41.5 Å². The zero-order valence-corrected chi connectivity index (χ0v) is 34.5. The molecule has 0 heterocycles. The molecule has 0 atom stereocenters. The van der Waals surface area contributed by atoms with Crippen LogP contribution in [0.4, 0.5) is 22.7 Å². The van der Waals surface area contributed by atoms with Gasteiger partial charge in [-0.25, -0.2) is 0 Å². The van der Waals surface area contributed by atoms with E-state index in [4.69, 9.17) is 0 Å². The molecule has 0 aliphatic heterocycles. The number of aryl methyl sites for hydroxylation is 2. The fraction of sp³-hybridized carbons (Fsp3) is 0.500. The summed E-state index contributed by atoms with van der Waals surface area (Å²) in [5, 5.41) is 0. The second kappa shape index (κ2) is 20.4. The summed E-state index contributed by atoms with van der Waals surface area (Å²) in [6.07, 6.45) is 6.89. The van der Waals surface area contributed by atoms with Crippen LogP contribution in [0, 0.1) is 13.8 Å². The van der Waals surface area contributed by atoms with Crippen molar-refractivity contribution < 1.29 is 0 Å². The van der Waals surface area contributed by atoms with E-state index >= 15 is 0 Å². The fourth-order valence-corrected chi connectivity index (χ4v) is 6.68. The van der Waals surface area contributed by atoms with Crippen molar-refractivity contribution in [2.24, 2.45) is 0 Å². The summed E-state index contributed by atoms with van der Waals surface area (Å²) in [4.78, 5) is 5.24. The van der Waals surface area contributed by atoms with E-state index in [1.54, 1.807) is 0 Å². The SMILES string of the molecule is CC.CC.CC.CCC(C)(C)c1ccc(N(c2ccc(C)cc2)C2CCC(N(c3ccc(C)cc3)c3ccc(C(C)(C)CC)cc3)CC2)cc1. The first-order chi connectivity index (χ1) is 24.0. The number of rotatable bonds is 10. The first kappa shape index (κ1) is 42.6. The van der Waals surface area contributed by atoms with Crippen LogP contribution in [0.5, 0.6) is 0 Å². The molecule has 5 rings (SSSR count). The molecule has 0 N–H and O–H groups in total. The standard InChI is InChI=1S/C42H54N2.3C2H6/c1-9-41(5,6)33-15-23-37(24-16-33)43(35-19-11-31(3)12-20-35)39-27-29-40(30-28-39)44(36-21-13-32(4)14-22-36)38-25-17-34(18-26-38)42(7,8)10-2;3*1-2/h11-26,39-40H,9-10,27-30H2,1-8H3;3*1-2H3. The predicted molar refractivity (Wildman–Crippen MR) is 226 cm³/mol. The molecule has 0 amide bonds. The number of hydrogen-bond acceptors (Lipinski definition) is 2. The van der Waals surface area contributed by atoms with E-state index in [0.717, 1.165) is 38.5 Å². The lowest BCUT2D eigenvalue weighted by Gasteiger charge is -2.43. The topological polar surface area (TPSA) is 6.48 Å². The molecule has 0 radical (unpaired) electrons. The lowest BCUT2D eigenvalue weighted by molar-refractivity contribution is 0.387. The monoisotopic (exact) mass is 677 g/mol. The summed E-state index contributed by atoms with van der Waals surface area (Å²) < 4.78 is 0. The average molecular weight is 677 g/mol. The quantitative estimate of drug-likeness (QED) is 0.165. The number of anilines is 4. The highest BCUT2D eigenvalue weighted by atomic mass is 15.2. The normalized spacial score (nSPS) is 15.6. The Hall–Kier alpha value is -3.52. The second-order valence-electron chi connectivity index (χ2n) is 14.4. The Morgan fingerprint density at radius 1 is 0.420 bits per heavy atom. The highest BCUT2D eigenvalue weighted by molar-refractivity contribution is 5.67. The van der Waals surface area contributed by atoms with E-state index in [1.165, 1.54) is 45.0 Å². The Bertz CT molecular complexity index is 1350. The summed E-state index contributed by atoms with van der Waals surface area (Å²) in [6.45, 7) is 30.3. The van der Waals surface area contributed by atoms with Crippen LogP contribution in [-0.2, 0) is 10.8 Å². The van der Waals surface area contributed by atoms with Gasteiger partial charge in [-0.3, -0.25) is 0 Å². The molecule has 4 aromatic rings. The van der Waals surface area contributed by atoms with E-state index in [0.29, 0.717) is 12.1 Å². The predicted octanol–water partition coefficient (Wildman–Crippen LogP) is 15.0. The van der Waals surface area contributed by atoms with Crippen molar-refractivity contribution in [1.82, 2.24) is 0 Å². The molecular weight excluding hydrogens is 605 g/mol. The van der Waals surface area contributed by atoms with Crippen molar-refractivity contribution in [3.8, 4) is 0 Å². The summed E-state index contributed by atoms with van der Waals surface area (Å²) in [6, 6.07) is 38.0. The number of nitrogens with zero attached hydrogens (tertiary/aromatic N) is 2. The summed E-state index contributed by atoms with van der Waals surface area (Å²) in [5.41, 5.74) is 11.0. The lowest BCUT2D eigenvalue weighted by atomic mass is 9.82. The average Bonchev–Trinajstić information content (AvgIpc) is 3.17. The largest absolute Gasteiger partial charge is 0.338 e. The third kappa shape index (κ3) is 10.7. The van der Waals surface area contributed by atoms with Gasteiger partial charge >= 0.3 is 0 Å². The van der Waals surface area contributed by atoms with Gasteiger partial charge in [0.1, 0.15) is 0 Å². The maximum Gasteiger partial charge on any atom is 0.0413 e. The highest BCUT2D eigenvalue weighted by Gasteiger charge is 2.32. The Balaban J connectivity index is 0.00000137. The molecule has 0 unspecified atom stereocenters. The summed E-state index contributed by atoms with van der Waals surface area (Å²) in [5.74, 6) is 0. The molecule has 1 aliphatic rings. The zero-order chi connectivity index (χ0) is 37.5. The molecule has 1 saturated carbocycles. The first-order valence-electron chi connectivity index (χ1n) is 20.0. The van der Waals surface area contributed by atoms with Crippen molar-refractivity contribution in [3.63, 3.8) is 0 Å². The lowest BCUT2D eigenvalue weighted by Crippen LogP contribution is -2.41. The molecule has 2 heteroatoms. The van der Waals surface area contributed by atoms with Crippen LogP contribution in [0.3, 0.4) is 0 Å². The van der Waals surface area contributed by atoms with Crippen molar-refractivity contribution >= 4 is 22.7 Å². The van der Waals surface area contributed by atoms with Gasteiger partial charge in [0.2, 0.25) is 0 Å². The van der Waals surface area contributed by atoms with Gasteiger partial charge in [0, 0.05) is 34.8 Å². The smallest absolute Gasteiger partial charge is 0.0413 e. The molecule has 0 spiro atoms. The van der Waals surface area contributed by atoms with Gasteiger partial charge in [-0.1, -0.05) is 143 Å². The first-order valence-corrected chi connectivity index (χ1v) is 20.0. The molecule has 1 fully saturated rings. The van der Waals surface area contributed by atoms with E-state index in [9.17, 15) is 0 Å². The molecule has 50 heavy (non-hydrogen) atoms. The van der Waals surface area contributed by atoms with Gasteiger partial charge in [0.25, 0.3) is 0 Å². The van der Waals surface area contributed by atoms with Gasteiger partial charge in [0.05, 0.1) is 0 Å². The molecule has 4 aromatic carbocycles. The van der Waals surface area contributed by atoms with Gasteiger partial charge < -0.3 is 9.80 Å². The van der Waals surface area contributed by atoms with E-state index < -0.39 is 0 Å². The van der Waals surface area contributed by atoms with Crippen molar-refractivity contribution in [1.29, 1.82) is 0 Å². The third-order valence-corrected chi connectivity index (χ3v) is 10.6. The maximum atomic E-state index is 2.62. The minimum Gasteiger partial charge on any atom is -0.338 e. The summed E-state index contributed by atoms with van der Waals surface area (Å²) in [7, 11) is 0. The Kier molecular flexibility index (Phi) is 17.4. The van der Waals surface area contributed by atoms with Crippen molar-refractivity contribution in [2.75, 3.05) is 9.80 Å². The van der Waals surface area contributed by atoms with Crippen molar-refractivity contribution in [3.05, 3.63) is 119 Å². The molecule has 0 bridgehead atoms. The van der Waals surface area contributed by atoms with Crippen LogP contribution in [0.1, 0.15) is 144 Å². The Labute approximate surface area is 309 Å². The van der Waals surface area contributed by atoms with E-state index in [-0.39, 0.29) is 10.8 Å². The number of hydrogen-bond donors (Lipinski definition) is 0. The van der Waals surface area contributed by atoms with Crippen molar-refractivity contribution in [2.45, 2.75) is 158 Å². The van der Waals surface area contributed by atoms with E-state index in [2.05, 4.69) is 162 Å². The van der Waals surface area contributed by atoms with Crippen LogP contribution in [0.25, 0.3) is 0 Å². The minimum absolute atomic E-state index is 0.190. The van der Waals surface area contributed by atoms with Crippen LogP contribution >= 0.6 is 0 Å². The summed E-state index contributed by atoms with van der Waals surface area (Å²) >= 11 is 0. The Morgan fingerprint density at radius 3 is 0.860 bits per heavy atom. The highest BCUT2D eigenvalue weighted by Crippen LogP contribution is 2.40. The van der Waals surface area contributed by atoms with Crippen LogP contribution in [0.2, 0.25) is 0 Å². The van der Waals surface area contributed by atoms with Gasteiger partial charge in [-0.2, -0.15) is 0 Å². The van der Waals surface area contributed by atoms with Gasteiger partial charge in [0.15, 0.2) is 0 Å². The van der Waals surface area contributed by atoms with Crippen LogP contribution in [0.15, 0.2) is 97.1 Å². The minimum atomic E-state index is 0.190. The molecular formula is C48H72N2. The molecule has 0 aromatic heterocycles. The zero-order valence-electron chi connectivity index (χ0n) is 34.5. The van der Waals surface area contributed by atoms with Gasteiger partial charge in [-0.05, 0) is 123 Å². The van der Waals surface area contributed by atoms with Crippen LogP contribution < -0.4 is 9.80 Å². The maximum absolute atomic E-state index is 2.62. The Morgan fingerprint density at radius 2 is 0.640 bits per heavy atom. The third-order valence-electron chi connectivity index (χ3n) is 10.6. The molecule has 274 valence electrons. The van der Waals surface area contributed by atoms with Gasteiger partial charge in [-0.15, -0.1) is 0 Å². The molecule has 0 saturated heterocycles. The van der Waals surface area contributed by atoms with Crippen LogP contribution in [-0.4, -0.2) is 12.1 Å². The second-order valence-corrected chi connectivity index (χ2v) is 14.4. The molecule has 2 nitrogen and oxygen atoms in total. The number of benzene rings is 4. The molecule has 1 aliphatic carbocycles. The fourth-order valence-electron chi connectivity index (χ4n) is 6.68.